The molecule has 2 aromatic rings. The van der Waals surface area contributed by atoms with Gasteiger partial charge in [-0.15, -0.1) is 0 Å². The van der Waals surface area contributed by atoms with Crippen LogP contribution < -0.4 is 5.32 Å². The molecule has 0 atom stereocenters. The van der Waals surface area contributed by atoms with Crippen molar-refractivity contribution in [2.75, 3.05) is 5.32 Å². The number of ketones is 1. The number of aromatic carboxylic acids is 1. The number of aromatic nitrogens is 1. The highest BCUT2D eigenvalue weighted by molar-refractivity contribution is 9.10. The van der Waals surface area contributed by atoms with Crippen molar-refractivity contribution in [1.82, 2.24) is 4.98 Å². The Morgan fingerprint density at radius 3 is 2.65 bits per heavy atom. The van der Waals surface area contributed by atoms with Crippen molar-refractivity contribution in [3.05, 3.63) is 38.3 Å². The number of rotatable bonds is 4. The second kappa shape index (κ2) is 5.90. The van der Waals surface area contributed by atoms with Gasteiger partial charge in [0.1, 0.15) is 4.88 Å². The SMILES string of the molecule is CC(=O)c1sc(Nc2ccc(Br)c(Cl)c2)nc1C(=O)O. The number of halogens is 2. The Kier molecular flexibility index (Phi) is 4.42. The largest absolute Gasteiger partial charge is 0.476 e. The lowest BCUT2D eigenvalue weighted by Crippen LogP contribution is -2.03. The van der Waals surface area contributed by atoms with Gasteiger partial charge in [0.15, 0.2) is 16.6 Å². The van der Waals surface area contributed by atoms with E-state index in [9.17, 15) is 9.59 Å². The van der Waals surface area contributed by atoms with Gasteiger partial charge in [-0.3, -0.25) is 4.79 Å². The second-order valence-electron chi connectivity index (χ2n) is 3.81. The molecule has 1 aromatic heterocycles. The van der Waals surface area contributed by atoms with Crippen molar-refractivity contribution in [3.63, 3.8) is 0 Å². The summed E-state index contributed by atoms with van der Waals surface area (Å²) in [6.45, 7) is 1.31. The molecule has 0 radical (unpaired) electrons. The number of nitrogens with one attached hydrogen (secondary N) is 1. The Morgan fingerprint density at radius 2 is 2.15 bits per heavy atom. The fourth-order valence-electron chi connectivity index (χ4n) is 1.45. The van der Waals surface area contributed by atoms with Crippen LogP contribution in [0.4, 0.5) is 10.8 Å². The fourth-order valence-corrected chi connectivity index (χ4v) is 2.75. The van der Waals surface area contributed by atoms with Gasteiger partial charge in [0.05, 0.1) is 5.02 Å². The summed E-state index contributed by atoms with van der Waals surface area (Å²) in [6, 6.07) is 5.18. The number of benzene rings is 1. The number of carboxylic acid groups (broad SMARTS) is 1. The van der Waals surface area contributed by atoms with Crippen LogP contribution in [0.2, 0.25) is 5.02 Å². The topological polar surface area (TPSA) is 79.3 Å². The van der Waals surface area contributed by atoms with Crippen LogP contribution in [0, 0.1) is 0 Å². The summed E-state index contributed by atoms with van der Waals surface area (Å²) < 4.78 is 0.750. The molecule has 0 aliphatic heterocycles. The van der Waals surface area contributed by atoms with Crippen LogP contribution in [0.15, 0.2) is 22.7 Å². The predicted octanol–water partition coefficient (Wildman–Crippen LogP) is 4.20. The van der Waals surface area contributed by atoms with Gasteiger partial charge in [0, 0.05) is 17.1 Å². The van der Waals surface area contributed by atoms with Gasteiger partial charge in [-0.2, -0.15) is 0 Å². The van der Waals surface area contributed by atoms with E-state index in [1.54, 1.807) is 18.2 Å². The van der Waals surface area contributed by atoms with Gasteiger partial charge in [-0.1, -0.05) is 22.9 Å². The number of thiazole rings is 1. The molecule has 2 N–H and O–H groups in total. The lowest BCUT2D eigenvalue weighted by Gasteiger charge is -2.03. The first-order chi connectivity index (χ1) is 9.38. The van der Waals surface area contributed by atoms with Crippen LogP contribution in [0.3, 0.4) is 0 Å². The number of carbonyl (C=O) groups excluding carboxylic acids is 1. The maximum atomic E-state index is 11.4. The highest BCUT2D eigenvalue weighted by atomic mass is 79.9. The van der Waals surface area contributed by atoms with Crippen LogP contribution in [-0.2, 0) is 0 Å². The number of hydrogen-bond donors (Lipinski definition) is 2. The highest BCUT2D eigenvalue weighted by Gasteiger charge is 2.20. The molecule has 5 nitrogen and oxygen atoms in total. The second-order valence-corrected chi connectivity index (χ2v) is 6.07. The molecule has 0 bridgehead atoms. The lowest BCUT2D eigenvalue weighted by atomic mass is 10.3. The van der Waals surface area contributed by atoms with Crippen molar-refractivity contribution < 1.29 is 14.7 Å². The quantitative estimate of drug-likeness (QED) is 0.783. The molecule has 0 aliphatic carbocycles. The molecule has 104 valence electrons. The Bertz CT molecular complexity index is 671. The molecule has 0 fully saturated rings. The van der Waals surface area contributed by atoms with Crippen LogP contribution in [0.1, 0.15) is 27.1 Å². The summed E-state index contributed by atoms with van der Waals surface area (Å²) in [5.74, 6) is -1.56. The molecule has 0 saturated heterocycles. The molecular weight excluding hydrogens is 368 g/mol. The Balaban J connectivity index is 2.34. The molecule has 0 aliphatic rings. The van der Waals surface area contributed by atoms with Crippen molar-refractivity contribution in [2.24, 2.45) is 0 Å². The number of hydrogen-bond acceptors (Lipinski definition) is 5. The first kappa shape index (κ1) is 15.0. The summed E-state index contributed by atoms with van der Waals surface area (Å²) in [4.78, 5) is 26.4. The molecule has 0 amide bonds. The number of nitrogens with zero attached hydrogens (tertiary/aromatic N) is 1. The van der Waals surface area contributed by atoms with Gasteiger partial charge >= 0.3 is 5.97 Å². The molecule has 8 heteroatoms. The van der Waals surface area contributed by atoms with Crippen LogP contribution in [-0.4, -0.2) is 21.8 Å². The van der Waals surface area contributed by atoms with Gasteiger partial charge in [-0.25, -0.2) is 9.78 Å². The third kappa shape index (κ3) is 3.17. The molecule has 0 unspecified atom stereocenters. The standard InChI is InChI=1S/C12H8BrClN2O3S/c1-5(17)10-9(11(18)19)16-12(20-10)15-6-2-3-7(13)8(14)4-6/h2-4H,1H3,(H,15,16)(H,18,19). The first-order valence-corrected chi connectivity index (χ1v) is 7.34. The third-order valence-electron chi connectivity index (χ3n) is 2.32. The predicted molar refractivity (Wildman–Crippen MR) is 81.5 cm³/mol. The zero-order valence-corrected chi connectivity index (χ0v) is 13.3. The maximum absolute atomic E-state index is 11.4. The molecule has 0 saturated carbocycles. The zero-order chi connectivity index (χ0) is 14.9. The lowest BCUT2D eigenvalue weighted by molar-refractivity contribution is 0.0687. The van der Waals surface area contributed by atoms with Crippen LogP contribution in [0.25, 0.3) is 0 Å². The summed E-state index contributed by atoms with van der Waals surface area (Å²) in [5, 5.41) is 12.8. The monoisotopic (exact) mass is 374 g/mol. The van der Waals surface area contributed by atoms with E-state index in [0.717, 1.165) is 15.8 Å². The van der Waals surface area contributed by atoms with Gasteiger partial charge < -0.3 is 10.4 Å². The van der Waals surface area contributed by atoms with Crippen molar-refractivity contribution in [3.8, 4) is 0 Å². The average molecular weight is 376 g/mol. The third-order valence-corrected chi connectivity index (χ3v) is 4.62. The van der Waals surface area contributed by atoms with Crippen LogP contribution in [0.5, 0.6) is 0 Å². The van der Waals surface area contributed by atoms with E-state index < -0.39 is 5.97 Å². The van der Waals surface area contributed by atoms with E-state index in [4.69, 9.17) is 16.7 Å². The van der Waals surface area contributed by atoms with Gasteiger partial charge in [-0.05, 0) is 34.1 Å². The minimum absolute atomic E-state index is 0.114. The van der Waals surface area contributed by atoms with E-state index in [1.165, 1.54) is 6.92 Å². The van der Waals surface area contributed by atoms with Gasteiger partial charge in [0.2, 0.25) is 0 Å². The molecule has 1 heterocycles. The maximum Gasteiger partial charge on any atom is 0.356 e. The minimum atomic E-state index is -1.23. The van der Waals surface area contributed by atoms with E-state index in [-0.39, 0.29) is 16.4 Å². The molecule has 20 heavy (non-hydrogen) atoms. The highest BCUT2D eigenvalue weighted by Crippen LogP contribution is 2.30. The van der Waals surface area contributed by atoms with Crippen molar-refractivity contribution in [2.45, 2.75) is 6.92 Å². The number of anilines is 2. The average Bonchev–Trinajstić information content (AvgIpc) is 2.78. The van der Waals surface area contributed by atoms with E-state index in [1.807, 2.05) is 0 Å². The molecular formula is C12H8BrClN2O3S. The summed E-state index contributed by atoms with van der Waals surface area (Å²) in [6.07, 6.45) is 0. The number of carboxylic acids is 1. The van der Waals surface area contributed by atoms with E-state index in [0.29, 0.717) is 15.8 Å². The first-order valence-electron chi connectivity index (χ1n) is 5.35. The number of Topliss-reactive ketones (excluding diaryl/α,β-unsaturated/α-hetero) is 1. The van der Waals surface area contributed by atoms with Crippen LogP contribution >= 0.6 is 38.9 Å². The molecule has 0 spiro atoms. The zero-order valence-electron chi connectivity index (χ0n) is 10.1. The molecule has 2 rings (SSSR count). The van der Waals surface area contributed by atoms with Gasteiger partial charge in [0.25, 0.3) is 0 Å². The fraction of sp³-hybridized carbons (Fsp3) is 0.0833. The summed E-state index contributed by atoms with van der Waals surface area (Å²) >= 11 is 10.2. The summed E-state index contributed by atoms with van der Waals surface area (Å²) in [5.41, 5.74) is 0.409. The Morgan fingerprint density at radius 1 is 1.45 bits per heavy atom. The normalized spacial score (nSPS) is 10.3. The van der Waals surface area contributed by atoms with E-state index in [2.05, 4.69) is 26.2 Å². The smallest absolute Gasteiger partial charge is 0.356 e. The van der Waals surface area contributed by atoms with Crippen molar-refractivity contribution in [1.29, 1.82) is 0 Å². The molecule has 1 aromatic carbocycles. The number of carbonyl (C=O) groups is 2. The Hall–Kier alpha value is -1.44. The Labute approximate surface area is 131 Å². The minimum Gasteiger partial charge on any atom is -0.476 e. The summed E-state index contributed by atoms with van der Waals surface area (Å²) in [7, 11) is 0. The van der Waals surface area contributed by atoms with E-state index >= 15 is 0 Å². The van der Waals surface area contributed by atoms with Crippen molar-refractivity contribution >= 4 is 61.4 Å².